The van der Waals surface area contributed by atoms with Crippen LogP contribution in [0, 0.1) is 6.92 Å². The van der Waals surface area contributed by atoms with Gasteiger partial charge in [0.05, 0.1) is 0 Å². The highest BCUT2D eigenvalue weighted by atomic mass is 14.1. The fourth-order valence-corrected chi connectivity index (χ4v) is 1.60. The Balaban J connectivity index is 0.000000921. The van der Waals surface area contributed by atoms with Crippen LogP contribution in [0.1, 0.15) is 57.2 Å². The third-order valence-corrected chi connectivity index (χ3v) is 2.31. The van der Waals surface area contributed by atoms with Crippen molar-refractivity contribution in [2.75, 3.05) is 0 Å². The van der Waals surface area contributed by atoms with Crippen LogP contribution in [0.25, 0.3) is 6.08 Å². The molecule has 1 rings (SSSR count). The van der Waals surface area contributed by atoms with Crippen molar-refractivity contribution in [3.63, 3.8) is 0 Å². The van der Waals surface area contributed by atoms with Gasteiger partial charge in [0, 0.05) is 0 Å². The van der Waals surface area contributed by atoms with Gasteiger partial charge in [-0.3, -0.25) is 0 Å². The zero-order valence-corrected chi connectivity index (χ0v) is 11.0. The summed E-state index contributed by atoms with van der Waals surface area (Å²) in [7, 11) is 0. The fraction of sp³-hybridized carbons (Fsp3) is 0.467. The Morgan fingerprint density at radius 2 is 1.73 bits per heavy atom. The van der Waals surface area contributed by atoms with E-state index < -0.39 is 0 Å². The van der Waals surface area contributed by atoms with Gasteiger partial charge in [-0.2, -0.15) is 0 Å². The van der Waals surface area contributed by atoms with Gasteiger partial charge in [0.25, 0.3) is 0 Å². The normalized spacial score (nSPS) is 10.3. The quantitative estimate of drug-likeness (QED) is 0.623. The van der Waals surface area contributed by atoms with Gasteiger partial charge in [-0.1, -0.05) is 58.0 Å². The molecule has 0 unspecified atom stereocenters. The summed E-state index contributed by atoms with van der Waals surface area (Å²) in [6.07, 6.45) is 4.30. The molecule has 0 nitrogen and oxygen atoms in total. The van der Waals surface area contributed by atoms with Crippen LogP contribution in [-0.4, -0.2) is 0 Å². The van der Waals surface area contributed by atoms with Gasteiger partial charge in [0.15, 0.2) is 0 Å². The van der Waals surface area contributed by atoms with Crippen molar-refractivity contribution in [3.05, 3.63) is 41.0 Å². The minimum atomic E-state index is 0.603. The molecule has 15 heavy (non-hydrogen) atoms. The van der Waals surface area contributed by atoms with Crippen molar-refractivity contribution >= 4 is 6.08 Å². The lowest BCUT2D eigenvalue weighted by atomic mass is 9.94. The standard InChI is InChI=1S/C13H18.C2H6/c1-5-7-13-11(4)8-6-9-12(13)10(2)3;1-2/h5-10H,1-4H3;1-2H3/b7-5-;. The fourth-order valence-electron chi connectivity index (χ4n) is 1.60. The minimum absolute atomic E-state index is 0.603. The third-order valence-electron chi connectivity index (χ3n) is 2.31. The Bertz CT molecular complexity index is 306. The summed E-state index contributed by atoms with van der Waals surface area (Å²) in [4.78, 5) is 0. The molecular weight excluding hydrogens is 180 g/mol. The molecule has 0 fully saturated rings. The van der Waals surface area contributed by atoms with E-state index in [-0.39, 0.29) is 0 Å². The van der Waals surface area contributed by atoms with E-state index in [2.05, 4.69) is 58.0 Å². The lowest BCUT2D eigenvalue weighted by molar-refractivity contribution is 0.862. The summed E-state index contributed by atoms with van der Waals surface area (Å²) in [5.41, 5.74) is 4.20. The number of rotatable bonds is 2. The summed E-state index contributed by atoms with van der Waals surface area (Å²) in [5, 5.41) is 0. The molecule has 0 atom stereocenters. The lowest BCUT2D eigenvalue weighted by Crippen LogP contribution is -1.93. The largest absolute Gasteiger partial charge is 0.0870 e. The van der Waals surface area contributed by atoms with Crippen LogP contribution in [-0.2, 0) is 0 Å². The average Bonchev–Trinajstić information content (AvgIpc) is 2.24. The predicted octanol–water partition coefficient (Wildman–Crippen LogP) is 5.18. The van der Waals surface area contributed by atoms with Crippen molar-refractivity contribution in [3.8, 4) is 0 Å². The van der Waals surface area contributed by atoms with E-state index in [0.717, 1.165) is 0 Å². The number of hydrogen-bond acceptors (Lipinski definition) is 0. The maximum Gasteiger partial charge on any atom is -0.0196 e. The van der Waals surface area contributed by atoms with Crippen molar-refractivity contribution in [1.82, 2.24) is 0 Å². The summed E-state index contributed by atoms with van der Waals surface area (Å²) >= 11 is 0. The first-order chi connectivity index (χ1) is 7.16. The summed E-state index contributed by atoms with van der Waals surface area (Å²) in [6, 6.07) is 6.52. The Labute approximate surface area is 95.0 Å². The van der Waals surface area contributed by atoms with Gasteiger partial charge >= 0.3 is 0 Å². The van der Waals surface area contributed by atoms with Gasteiger partial charge in [0.2, 0.25) is 0 Å². The van der Waals surface area contributed by atoms with Crippen LogP contribution >= 0.6 is 0 Å². The minimum Gasteiger partial charge on any atom is -0.0870 e. The maximum absolute atomic E-state index is 2.24. The first kappa shape index (κ1) is 14.0. The van der Waals surface area contributed by atoms with Gasteiger partial charge in [-0.15, -0.1) is 0 Å². The molecule has 0 N–H and O–H groups in total. The highest BCUT2D eigenvalue weighted by Crippen LogP contribution is 2.23. The van der Waals surface area contributed by atoms with Crippen LogP contribution in [0.2, 0.25) is 0 Å². The number of benzene rings is 1. The number of hydrogen-bond donors (Lipinski definition) is 0. The molecule has 0 amide bonds. The molecule has 0 heterocycles. The first-order valence-electron chi connectivity index (χ1n) is 5.89. The van der Waals surface area contributed by atoms with Crippen LogP contribution in [0.4, 0.5) is 0 Å². The van der Waals surface area contributed by atoms with E-state index in [9.17, 15) is 0 Å². The monoisotopic (exact) mass is 204 g/mol. The van der Waals surface area contributed by atoms with Crippen LogP contribution in [0.15, 0.2) is 24.3 Å². The van der Waals surface area contributed by atoms with Crippen molar-refractivity contribution < 1.29 is 0 Å². The molecule has 0 heteroatoms. The van der Waals surface area contributed by atoms with Gasteiger partial charge in [0.1, 0.15) is 0 Å². The van der Waals surface area contributed by atoms with Crippen molar-refractivity contribution in [2.24, 2.45) is 0 Å². The zero-order valence-electron chi connectivity index (χ0n) is 11.0. The Morgan fingerprint density at radius 1 is 1.13 bits per heavy atom. The lowest BCUT2D eigenvalue weighted by Gasteiger charge is -2.11. The van der Waals surface area contributed by atoms with Gasteiger partial charge < -0.3 is 0 Å². The van der Waals surface area contributed by atoms with E-state index in [4.69, 9.17) is 0 Å². The van der Waals surface area contributed by atoms with Crippen molar-refractivity contribution in [2.45, 2.75) is 47.5 Å². The van der Waals surface area contributed by atoms with E-state index >= 15 is 0 Å². The Morgan fingerprint density at radius 3 is 2.20 bits per heavy atom. The second-order valence-corrected chi connectivity index (χ2v) is 3.73. The van der Waals surface area contributed by atoms with E-state index in [0.29, 0.717) is 5.92 Å². The molecule has 0 aliphatic heterocycles. The number of aryl methyl sites for hydroxylation is 1. The van der Waals surface area contributed by atoms with Crippen molar-refractivity contribution in [1.29, 1.82) is 0 Å². The third kappa shape index (κ3) is 3.91. The molecule has 0 saturated heterocycles. The van der Waals surface area contributed by atoms with E-state index in [1.54, 1.807) is 0 Å². The highest BCUT2D eigenvalue weighted by molar-refractivity contribution is 5.58. The zero-order chi connectivity index (χ0) is 11.8. The SMILES string of the molecule is C/C=C\c1c(C)cccc1C(C)C.CC. The highest BCUT2D eigenvalue weighted by Gasteiger charge is 2.05. The summed E-state index contributed by atoms with van der Waals surface area (Å²) < 4.78 is 0. The molecule has 1 aromatic carbocycles. The molecule has 0 radical (unpaired) electrons. The first-order valence-corrected chi connectivity index (χ1v) is 5.89. The molecule has 1 aromatic rings. The Kier molecular flexibility index (Phi) is 6.77. The molecule has 0 aromatic heterocycles. The molecule has 0 aliphatic rings. The second kappa shape index (κ2) is 7.28. The topological polar surface area (TPSA) is 0 Å². The predicted molar refractivity (Wildman–Crippen MR) is 71.3 cm³/mol. The summed E-state index contributed by atoms with van der Waals surface area (Å²) in [5.74, 6) is 0.603. The van der Waals surface area contributed by atoms with E-state index in [1.807, 2.05) is 13.8 Å². The molecule has 0 aliphatic carbocycles. The second-order valence-electron chi connectivity index (χ2n) is 3.73. The Hall–Kier alpha value is -1.04. The van der Waals surface area contributed by atoms with Gasteiger partial charge in [-0.05, 0) is 36.5 Å². The molecule has 84 valence electrons. The number of allylic oxidation sites excluding steroid dienone is 1. The van der Waals surface area contributed by atoms with E-state index in [1.165, 1.54) is 16.7 Å². The van der Waals surface area contributed by atoms with Gasteiger partial charge in [-0.25, -0.2) is 0 Å². The van der Waals surface area contributed by atoms with Crippen LogP contribution in [0.5, 0.6) is 0 Å². The molecule has 0 bridgehead atoms. The average molecular weight is 204 g/mol. The molecule has 0 spiro atoms. The van der Waals surface area contributed by atoms with Crippen LogP contribution in [0.3, 0.4) is 0 Å². The molecular formula is C15H24. The smallest absolute Gasteiger partial charge is 0.0196 e. The van der Waals surface area contributed by atoms with Crippen LogP contribution < -0.4 is 0 Å². The summed E-state index contributed by atoms with van der Waals surface area (Å²) in [6.45, 7) is 12.7. The molecule has 0 saturated carbocycles. The maximum atomic E-state index is 2.24.